The molecule has 3 aliphatic heterocycles. The summed E-state index contributed by atoms with van der Waals surface area (Å²) in [6, 6.07) is 11.6. The largest absolute Gasteiger partial charge is 0.497 e. The van der Waals surface area contributed by atoms with E-state index in [2.05, 4.69) is 32.2 Å². The van der Waals surface area contributed by atoms with E-state index in [0.717, 1.165) is 91.6 Å². The van der Waals surface area contributed by atoms with Crippen LogP contribution in [0.3, 0.4) is 0 Å². The van der Waals surface area contributed by atoms with Gasteiger partial charge in [-0.15, -0.1) is 0 Å². The molecule has 4 heterocycles. The van der Waals surface area contributed by atoms with Crippen molar-refractivity contribution in [3.05, 3.63) is 58.7 Å². The number of ether oxygens (including phenoxy) is 1. The van der Waals surface area contributed by atoms with Gasteiger partial charge in [-0.1, -0.05) is 25.3 Å². The van der Waals surface area contributed by atoms with Crippen LogP contribution in [-0.4, -0.2) is 79.2 Å². The van der Waals surface area contributed by atoms with Gasteiger partial charge < -0.3 is 19.1 Å². The van der Waals surface area contributed by atoms with Crippen molar-refractivity contribution in [3.63, 3.8) is 0 Å². The number of carbonyl (C=O) groups is 2. The van der Waals surface area contributed by atoms with Crippen molar-refractivity contribution in [1.82, 2.24) is 19.1 Å². The third kappa shape index (κ3) is 5.14. The third-order valence-corrected chi connectivity index (χ3v) is 12.4. The zero-order valence-electron chi connectivity index (χ0n) is 27.3. The molecule has 1 N–H and O–H groups in total. The van der Waals surface area contributed by atoms with E-state index in [1.54, 1.807) is 27.0 Å². The first kappa shape index (κ1) is 31.0. The number of carbonyl (C=O) groups excluding carboxylic acids is 2. The first-order valence-corrected chi connectivity index (χ1v) is 18.2. The summed E-state index contributed by atoms with van der Waals surface area (Å²) in [5, 5.41) is 0.318. The van der Waals surface area contributed by atoms with Crippen molar-refractivity contribution >= 4 is 38.8 Å². The molecule has 2 saturated heterocycles. The van der Waals surface area contributed by atoms with Crippen LogP contribution in [0.2, 0.25) is 0 Å². The highest BCUT2D eigenvalue weighted by Crippen LogP contribution is 2.47. The van der Waals surface area contributed by atoms with Crippen LogP contribution in [0, 0.1) is 0 Å². The average molecular weight is 645 g/mol. The Morgan fingerprint density at radius 1 is 1.02 bits per heavy atom. The smallest absolute Gasteiger partial charge is 0.264 e. The van der Waals surface area contributed by atoms with Crippen molar-refractivity contribution in [2.75, 3.05) is 33.8 Å². The van der Waals surface area contributed by atoms with Crippen LogP contribution in [0.15, 0.2) is 42.0 Å². The Kier molecular flexibility index (Phi) is 7.79. The summed E-state index contributed by atoms with van der Waals surface area (Å²) in [4.78, 5) is 32.2. The van der Waals surface area contributed by atoms with Gasteiger partial charge in [0.2, 0.25) is 10.0 Å². The topological polar surface area (TPSA) is 101 Å². The van der Waals surface area contributed by atoms with Gasteiger partial charge in [0.25, 0.3) is 11.8 Å². The number of hydrogen-bond donors (Lipinski definition) is 1. The predicted molar refractivity (Wildman–Crippen MR) is 180 cm³/mol. The van der Waals surface area contributed by atoms with Crippen LogP contribution in [0.5, 0.6) is 5.75 Å². The van der Waals surface area contributed by atoms with E-state index >= 15 is 0 Å². The minimum Gasteiger partial charge on any atom is -0.497 e. The lowest BCUT2D eigenvalue weighted by molar-refractivity contribution is -0.137. The molecule has 1 aliphatic carbocycles. The SMILES string of the molecule is COc1ccc2c(c1)C=C(C(=O)N1CCCC13CN(C)C3)Cn1c-2c(C2CCCCC2)c2ccc(C(=O)NS(=O)(=O)C(C)C)cc21. The van der Waals surface area contributed by atoms with E-state index in [4.69, 9.17) is 4.74 Å². The number of likely N-dealkylation sites (N-methyl/N-ethyl adjacent to an activating group) is 1. The predicted octanol–water partition coefficient (Wildman–Crippen LogP) is 5.54. The maximum Gasteiger partial charge on any atom is 0.264 e. The zero-order chi connectivity index (χ0) is 32.4. The highest BCUT2D eigenvalue weighted by atomic mass is 32.2. The maximum absolute atomic E-state index is 14.5. The molecule has 7 rings (SSSR count). The molecule has 46 heavy (non-hydrogen) atoms. The van der Waals surface area contributed by atoms with Gasteiger partial charge in [-0.3, -0.25) is 9.59 Å². The fourth-order valence-electron chi connectivity index (χ4n) is 8.33. The molecular weight excluding hydrogens is 600 g/mol. The molecule has 0 bridgehead atoms. The van der Waals surface area contributed by atoms with Crippen LogP contribution in [0.25, 0.3) is 28.2 Å². The summed E-state index contributed by atoms with van der Waals surface area (Å²) >= 11 is 0. The Morgan fingerprint density at radius 2 is 1.78 bits per heavy atom. The summed E-state index contributed by atoms with van der Waals surface area (Å²) in [5.41, 5.74) is 6.01. The lowest BCUT2D eigenvalue weighted by atomic mass is 9.81. The Bertz CT molecular complexity index is 1860. The Hall–Kier alpha value is -3.63. The molecule has 1 aromatic heterocycles. The molecule has 4 aliphatic rings. The molecule has 1 spiro atoms. The van der Waals surface area contributed by atoms with Crippen molar-refractivity contribution in [1.29, 1.82) is 0 Å². The molecule has 244 valence electrons. The van der Waals surface area contributed by atoms with Gasteiger partial charge in [0.15, 0.2) is 0 Å². The summed E-state index contributed by atoms with van der Waals surface area (Å²) in [5.74, 6) is 0.483. The second-order valence-corrected chi connectivity index (χ2v) is 16.3. The average Bonchev–Trinajstić information content (AvgIpc) is 3.54. The van der Waals surface area contributed by atoms with Crippen LogP contribution in [-0.2, 0) is 21.4 Å². The first-order valence-electron chi connectivity index (χ1n) is 16.6. The van der Waals surface area contributed by atoms with Crippen molar-refractivity contribution in [3.8, 4) is 17.0 Å². The van der Waals surface area contributed by atoms with Crippen molar-refractivity contribution < 1.29 is 22.7 Å². The van der Waals surface area contributed by atoms with Gasteiger partial charge >= 0.3 is 0 Å². The molecule has 9 nitrogen and oxygen atoms in total. The normalized spacial score (nSPS) is 19.8. The van der Waals surface area contributed by atoms with Gasteiger partial charge in [0.1, 0.15) is 5.75 Å². The van der Waals surface area contributed by atoms with Gasteiger partial charge in [0, 0.05) is 47.2 Å². The lowest BCUT2D eigenvalue weighted by Crippen LogP contribution is -2.67. The quantitative estimate of drug-likeness (QED) is 0.379. The van der Waals surface area contributed by atoms with E-state index < -0.39 is 21.2 Å². The fraction of sp³-hybridized carbons (Fsp3) is 0.500. The highest BCUT2D eigenvalue weighted by Gasteiger charge is 2.51. The van der Waals surface area contributed by atoms with E-state index in [9.17, 15) is 18.0 Å². The first-order chi connectivity index (χ1) is 22.0. The minimum atomic E-state index is -3.80. The summed E-state index contributed by atoms with van der Waals surface area (Å²) in [6.07, 6.45) is 9.76. The van der Waals surface area contributed by atoms with E-state index in [1.165, 1.54) is 12.0 Å². The third-order valence-electron chi connectivity index (χ3n) is 10.7. The van der Waals surface area contributed by atoms with Crippen LogP contribution < -0.4 is 9.46 Å². The van der Waals surface area contributed by atoms with Gasteiger partial charge in [0.05, 0.1) is 30.1 Å². The van der Waals surface area contributed by atoms with Crippen LogP contribution >= 0.6 is 0 Å². The lowest BCUT2D eigenvalue weighted by Gasteiger charge is -2.51. The molecular formula is C36H44N4O5S. The van der Waals surface area contributed by atoms with Crippen molar-refractivity contribution in [2.45, 2.75) is 82.0 Å². The molecule has 2 amide bonds. The number of methoxy groups -OCH3 is 1. The number of aromatic nitrogens is 1. The highest BCUT2D eigenvalue weighted by molar-refractivity contribution is 7.90. The molecule has 0 unspecified atom stereocenters. The van der Waals surface area contributed by atoms with Gasteiger partial charge in [-0.25, -0.2) is 13.1 Å². The number of sulfonamides is 1. The molecule has 10 heteroatoms. The molecule has 0 radical (unpaired) electrons. The second kappa shape index (κ2) is 11.6. The standard InChI is InChI=1S/C36H44N4O5S/c1-23(2)46(43,44)37-34(41)25-11-13-30-31(19-25)39-20-27(35(42)40-16-8-15-36(40)21-38(3)22-36)17-26-18-28(45-4)12-14-29(26)33(39)32(30)24-9-6-5-7-10-24/h11-14,17-19,23-24H,5-10,15-16,20-22H2,1-4H3,(H,37,41). The van der Waals surface area contributed by atoms with Crippen molar-refractivity contribution in [2.24, 2.45) is 0 Å². The minimum absolute atomic E-state index is 0.0604. The maximum atomic E-state index is 14.5. The summed E-state index contributed by atoms with van der Waals surface area (Å²) in [7, 11) is -0.0425. The summed E-state index contributed by atoms with van der Waals surface area (Å²) in [6.45, 7) is 5.97. The number of nitrogens with zero attached hydrogens (tertiary/aromatic N) is 3. The Morgan fingerprint density at radius 3 is 2.48 bits per heavy atom. The van der Waals surface area contributed by atoms with E-state index in [-0.39, 0.29) is 17.0 Å². The molecule has 0 atom stereocenters. The fourth-order valence-corrected chi connectivity index (χ4v) is 8.95. The number of fused-ring (bicyclic) bond motifs is 5. The number of rotatable bonds is 6. The number of nitrogens with one attached hydrogen (secondary N) is 1. The number of hydrogen-bond acceptors (Lipinski definition) is 6. The Balaban J connectivity index is 1.41. The van der Waals surface area contributed by atoms with Crippen LogP contribution in [0.4, 0.5) is 0 Å². The van der Waals surface area contributed by atoms with Gasteiger partial charge in [-0.2, -0.15) is 0 Å². The monoisotopic (exact) mass is 644 g/mol. The second-order valence-electron chi connectivity index (χ2n) is 14.0. The van der Waals surface area contributed by atoms with Crippen LogP contribution in [0.1, 0.15) is 86.2 Å². The summed E-state index contributed by atoms with van der Waals surface area (Å²) < 4.78 is 35.3. The zero-order valence-corrected chi connectivity index (χ0v) is 28.1. The number of benzene rings is 2. The van der Waals surface area contributed by atoms with E-state index in [0.29, 0.717) is 18.0 Å². The molecule has 3 aromatic rings. The number of amides is 2. The Labute approximate surface area is 271 Å². The number of likely N-dealkylation sites (tertiary alicyclic amines) is 2. The van der Waals surface area contributed by atoms with Gasteiger partial charge in [-0.05, 0) is 100 Å². The molecule has 1 saturated carbocycles. The molecule has 3 fully saturated rings. The molecule has 2 aromatic carbocycles. The van der Waals surface area contributed by atoms with E-state index in [1.807, 2.05) is 30.3 Å².